The molecule has 4 heterocycles. The lowest BCUT2D eigenvalue weighted by Gasteiger charge is -2.35. The first-order chi connectivity index (χ1) is 12.9. The van der Waals surface area contributed by atoms with Crippen LogP contribution in [0.3, 0.4) is 0 Å². The molecule has 0 bridgehead atoms. The van der Waals surface area contributed by atoms with Crippen LogP contribution in [0.15, 0.2) is 36.1 Å². The maximum atomic E-state index is 12.4. The lowest BCUT2D eigenvalue weighted by Crippen LogP contribution is -2.53. The summed E-state index contributed by atoms with van der Waals surface area (Å²) in [5.74, 6) is 1.15. The maximum absolute atomic E-state index is 12.4. The van der Waals surface area contributed by atoms with Crippen molar-refractivity contribution in [3.05, 3.63) is 41.8 Å². The zero-order valence-electron chi connectivity index (χ0n) is 15.6. The Bertz CT molecular complexity index is 935. The molecule has 0 aliphatic carbocycles. The van der Waals surface area contributed by atoms with Crippen molar-refractivity contribution in [1.82, 2.24) is 19.3 Å². The highest BCUT2D eigenvalue weighted by atomic mass is 32.1. The van der Waals surface area contributed by atoms with Crippen LogP contribution in [0.25, 0.3) is 5.52 Å². The number of carbonyl (C=O) groups is 1. The zero-order chi connectivity index (χ0) is 19.0. The number of aromatic nitrogens is 3. The van der Waals surface area contributed by atoms with Gasteiger partial charge in [0.15, 0.2) is 10.9 Å². The van der Waals surface area contributed by atoms with E-state index >= 15 is 0 Å². The van der Waals surface area contributed by atoms with Gasteiger partial charge in [-0.3, -0.25) is 4.79 Å². The monoisotopic (exact) mass is 384 g/mol. The van der Waals surface area contributed by atoms with E-state index in [1.165, 1.54) is 0 Å². The standard InChI is InChI=1S/C19H24N6OS/c1-19(2,20)17(26)24-9-5-13(6-10-24)14-12-25-8-3-4-15(25)16(22-14)23-18-21-7-11-27-18/h3-4,7-8,11-13H,5-6,9-10,20H2,1-2H3,(H,21,22,23). The number of hydrogen-bond acceptors (Lipinski definition) is 6. The van der Waals surface area contributed by atoms with E-state index in [2.05, 4.69) is 20.9 Å². The zero-order valence-corrected chi connectivity index (χ0v) is 16.4. The Kier molecular flexibility index (Phi) is 4.61. The molecule has 3 N–H and O–H groups in total. The molecule has 1 aliphatic heterocycles. The molecule has 142 valence electrons. The number of nitrogens with zero attached hydrogens (tertiary/aromatic N) is 4. The van der Waals surface area contributed by atoms with E-state index in [1.807, 2.05) is 28.6 Å². The minimum Gasteiger partial charge on any atom is -0.341 e. The molecule has 0 atom stereocenters. The summed E-state index contributed by atoms with van der Waals surface area (Å²) in [6.07, 6.45) is 7.68. The van der Waals surface area contributed by atoms with Gasteiger partial charge in [-0.05, 0) is 38.8 Å². The summed E-state index contributed by atoms with van der Waals surface area (Å²) < 4.78 is 2.10. The van der Waals surface area contributed by atoms with Crippen LogP contribution in [0.5, 0.6) is 0 Å². The number of nitrogens with two attached hydrogens (primary N) is 1. The first-order valence-corrected chi connectivity index (χ1v) is 10.0. The molecule has 0 saturated carbocycles. The Hall–Kier alpha value is -2.45. The highest BCUT2D eigenvalue weighted by molar-refractivity contribution is 7.13. The fourth-order valence-electron chi connectivity index (χ4n) is 3.53. The van der Waals surface area contributed by atoms with Gasteiger partial charge in [-0.25, -0.2) is 9.97 Å². The Morgan fingerprint density at radius 3 is 2.81 bits per heavy atom. The van der Waals surface area contributed by atoms with Crippen LogP contribution < -0.4 is 11.1 Å². The van der Waals surface area contributed by atoms with Crippen molar-refractivity contribution in [3.63, 3.8) is 0 Å². The van der Waals surface area contributed by atoms with Gasteiger partial charge in [0.2, 0.25) is 5.91 Å². The Labute approximate surface area is 162 Å². The average molecular weight is 385 g/mol. The summed E-state index contributed by atoms with van der Waals surface area (Å²) >= 11 is 1.55. The maximum Gasteiger partial charge on any atom is 0.242 e. The van der Waals surface area contributed by atoms with E-state index in [0.717, 1.165) is 35.0 Å². The summed E-state index contributed by atoms with van der Waals surface area (Å²) in [5.41, 5.74) is 7.21. The predicted octanol–water partition coefficient (Wildman–Crippen LogP) is 2.98. The highest BCUT2D eigenvalue weighted by Gasteiger charge is 2.31. The Balaban J connectivity index is 1.55. The van der Waals surface area contributed by atoms with Gasteiger partial charge in [-0.15, -0.1) is 11.3 Å². The number of fused-ring (bicyclic) bond motifs is 1. The topological polar surface area (TPSA) is 88.6 Å². The second kappa shape index (κ2) is 6.94. The molecule has 7 nitrogen and oxygen atoms in total. The Morgan fingerprint density at radius 1 is 1.37 bits per heavy atom. The van der Waals surface area contributed by atoms with Crippen molar-refractivity contribution in [2.75, 3.05) is 18.4 Å². The minimum absolute atomic E-state index is 0.0147. The molecule has 3 aromatic heterocycles. The fourth-order valence-corrected chi connectivity index (χ4v) is 4.05. The van der Waals surface area contributed by atoms with E-state index in [-0.39, 0.29) is 5.91 Å². The molecule has 0 spiro atoms. The van der Waals surface area contributed by atoms with Crippen LogP contribution in [0.1, 0.15) is 38.3 Å². The third-order valence-electron chi connectivity index (χ3n) is 4.94. The van der Waals surface area contributed by atoms with Crippen molar-refractivity contribution in [2.24, 2.45) is 5.73 Å². The third-order valence-corrected chi connectivity index (χ3v) is 5.63. The number of piperidine rings is 1. The van der Waals surface area contributed by atoms with Crippen LogP contribution in [0.4, 0.5) is 10.9 Å². The van der Waals surface area contributed by atoms with E-state index in [9.17, 15) is 4.79 Å². The molecule has 4 rings (SSSR count). The van der Waals surface area contributed by atoms with Crippen molar-refractivity contribution < 1.29 is 4.79 Å². The quantitative estimate of drug-likeness (QED) is 0.722. The smallest absolute Gasteiger partial charge is 0.242 e. The molecule has 0 unspecified atom stereocenters. The predicted molar refractivity (Wildman–Crippen MR) is 107 cm³/mol. The number of rotatable bonds is 4. The average Bonchev–Trinajstić information content (AvgIpc) is 3.32. The van der Waals surface area contributed by atoms with Gasteiger partial charge in [-0.1, -0.05) is 0 Å². The SMILES string of the molecule is CC(C)(N)C(=O)N1CCC(c2cn3cccc3c(Nc3nccs3)n2)CC1. The molecular formula is C19H24N6OS. The van der Waals surface area contributed by atoms with Crippen LogP contribution in [0.2, 0.25) is 0 Å². The molecular weight excluding hydrogens is 360 g/mol. The molecule has 27 heavy (non-hydrogen) atoms. The molecule has 1 saturated heterocycles. The molecule has 1 aliphatic rings. The second-order valence-electron chi connectivity index (χ2n) is 7.57. The van der Waals surface area contributed by atoms with Gasteiger partial charge in [0.25, 0.3) is 0 Å². The summed E-state index contributed by atoms with van der Waals surface area (Å²) in [4.78, 5) is 23.5. The number of likely N-dealkylation sites (tertiary alicyclic amines) is 1. The van der Waals surface area contributed by atoms with Crippen molar-refractivity contribution >= 4 is 33.7 Å². The number of nitrogens with one attached hydrogen (secondary N) is 1. The van der Waals surface area contributed by atoms with Gasteiger partial charge in [-0.2, -0.15) is 0 Å². The molecule has 0 radical (unpaired) electrons. The van der Waals surface area contributed by atoms with Gasteiger partial charge < -0.3 is 20.4 Å². The molecule has 3 aromatic rings. The van der Waals surface area contributed by atoms with Crippen molar-refractivity contribution in [1.29, 1.82) is 0 Å². The summed E-state index contributed by atoms with van der Waals surface area (Å²) in [6.45, 7) is 4.95. The number of carbonyl (C=O) groups excluding carboxylic acids is 1. The van der Waals surface area contributed by atoms with Crippen LogP contribution >= 0.6 is 11.3 Å². The van der Waals surface area contributed by atoms with Crippen LogP contribution in [0, 0.1) is 0 Å². The molecule has 0 aromatic carbocycles. The number of hydrogen-bond donors (Lipinski definition) is 2. The lowest BCUT2D eigenvalue weighted by atomic mass is 9.92. The molecule has 1 fully saturated rings. The second-order valence-corrected chi connectivity index (χ2v) is 8.46. The van der Waals surface area contributed by atoms with E-state index in [4.69, 9.17) is 10.7 Å². The van der Waals surface area contributed by atoms with Crippen molar-refractivity contribution in [2.45, 2.75) is 38.1 Å². The molecule has 1 amide bonds. The summed E-state index contributed by atoms with van der Waals surface area (Å²) in [5, 5.41) is 6.10. The lowest BCUT2D eigenvalue weighted by molar-refractivity contribution is -0.136. The normalized spacial score (nSPS) is 16.0. The fraction of sp³-hybridized carbons (Fsp3) is 0.421. The van der Waals surface area contributed by atoms with E-state index in [0.29, 0.717) is 19.0 Å². The van der Waals surface area contributed by atoms with Crippen LogP contribution in [-0.4, -0.2) is 43.8 Å². The number of thiazole rings is 1. The largest absolute Gasteiger partial charge is 0.341 e. The Morgan fingerprint density at radius 2 is 2.15 bits per heavy atom. The van der Waals surface area contributed by atoms with Gasteiger partial charge >= 0.3 is 0 Å². The summed E-state index contributed by atoms with van der Waals surface area (Å²) in [6, 6.07) is 4.05. The first-order valence-electron chi connectivity index (χ1n) is 9.14. The summed E-state index contributed by atoms with van der Waals surface area (Å²) in [7, 11) is 0. The van der Waals surface area contributed by atoms with Gasteiger partial charge in [0.1, 0.15) is 0 Å². The third kappa shape index (κ3) is 3.68. The van der Waals surface area contributed by atoms with E-state index in [1.54, 1.807) is 31.4 Å². The number of anilines is 2. The van der Waals surface area contributed by atoms with Gasteiger partial charge in [0.05, 0.1) is 16.7 Å². The van der Waals surface area contributed by atoms with E-state index < -0.39 is 5.54 Å². The van der Waals surface area contributed by atoms with Crippen molar-refractivity contribution in [3.8, 4) is 0 Å². The minimum atomic E-state index is -0.820. The first kappa shape index (κ1) is 17.9. The molecule has 8 heteroatoms. The highest BCUT2D eigenvalue weighted by Crippen LogP contribution is 2.30. The van der Waals surface area contributed by atoms with Gasteiger partial charge in [0, 0.05) is 43.0 Å². The number of amides is 1. The van der Waals surface area contributed by atoms with Crippen LogP contribution in [-0.2, 0) is 4.79 Å².